The highest BCUT2D eigenvalue weighted by Gasteiger charge is 1.95. The first kappa shape index (κ1) is 9.33. The van der Waals surface area contributed by atoms with Gasteiger partial charge in [-0.1, -0.05) is 34.6 Å². The largest absolute Gasteiger partial charge is 0.497 e. The van der Waals surface area contributed by atoms with Gasteiger partial charge in [0.15, 0.2) is 0 Å². The van der Waals surface area contributed by atoms with Crippen molar-refractivity contribution in [2.75, 3.05) is 7.11 Å². The molecule has 1 nitrogen and oxygen atoms in total. The van der Waals surface area contributed by atoms with Crippen LogP contribution in [0.15, 0.2) is 35.3 Å². The lowest BCUT2D eigenvalue weighted by atomic mass is 10.1. The van der Waals surface area contributed by atoms with Crippen molar-refractivity contribution in [3.05, 3.63) is 40.9 Å². The summed E-state index contributed by atoms with van der Waals surface area (Å²) in [7, 11) is 1.67. The van der Waals surface area contributed by atoms with Crippen molar-refractivity contribution in [2.45, 2.75) is 6.42 Å². The Kier molecular flexibility index (Phi) is 3.35. The van der Waals surface area contributed by atoms with Crippen LogP contribution >= 0.6 is 15.9 Å². The van der Waals surface area contributed by atoms with Crippen LogP contribution in [0.5, 0.6) is 5.75 Å². The van der Waals surface area contributed by atoms with Gasteiger partial charge in [0.25, 0.3) is 0 Å². The molecule has 0 aromatic heterocycles. The van der Waals surface area contributed by atoms with E-state index in [0.717, 1.165) is 16.7 Å². The summed E-state index contributed by atoms with van der Waals surface area (Å²) < 4.78 is 6.07. The molecule has 0 heterocycles. The molecule has 0 N–H and O–H groups in total. The predicted octanol–water partition coefficient (Wildman–Crippen LogP) is 3.15. The van der Waals surface area contributed by atoms with Gasteiger partial charge in [-0.15, -0.1) is 0 Å². The van der Waals surface area contributed by atoms with Gasteiger partial charge in [0.05, 0.1) is 7.11 Å². The Morgan fingerprint density at radius 3 is 2.92 bits per heavy atom. The molecule has 1 aromatic rings. The molecule has 0 aliphatic rings. The van der Waals surface area contributed by atoms with E-state index in [0.29, 0.717) is 0 Å². The zero-order valence-corrected chi connectivity index (χ0v) is 8.60. The Bertz CT molecular complexity index is 281. The van der Waals surface area contributed by atoms with Crippen LogP contribution in [0.4, 0.5) is 0 Å². The quantitative estimate of drug-likeness (QED) is 0.770. The fraction of sp³-hybridized carbons (Fsp3) is 0.200. The molecule has 0 saturated carbocycles. The molecule has 0 amide bonds. The summed E-state index contributed by atoms with van der Waals surface area (Å²) in [6, 6.07) is 7.96. The highest BCUT2D eigenvalue weighted by Crippen LogP contribution is 2.16. The molecule has 0 atom stereocenters. The molecule has 0 bridgehead atoms. The molecular formula is C10H11BrO. The first-order valence-electron chi connectivity index (χ1n) is 3.68. The topological polar surface area (TPSA) is 9.23 Å². The number of allylic oxidation sites excluding steroid dienone is 1. The van der Waals surface area contributed by atoms with Gasteiger partial charge in [0.2, 0.25) is 0 Å². The molecular weight excluding hydrogens is 216 g/mol. The average molecular weight is 227 g/mol. The van der Waals surface area contributed by atoms with Crippen LogP contribution < -0.4 is 4.74 Å². The lowest BCUT2D eigenvalue weighted by molar-refractivity contribution is 0.414. The second-order valence-corrected chi connectivity index (χ2v) is 3.67. The summed E-state index contributed by atoms with van der Waals surface area (Å²) >= 11 is 3.32. The number of hydrogen-bond acceptors (Lipinski definition) is 1. The Morgan fingerprint density at radius 2 is 2.33 bits per heavy atom. The third-order valence-corrected chi connectivity index (χ3v) is 1.81. The number of halogens is 1. The van der Waals surface area contributed by atoms with Gasteiger partial charge in [-0.05, 0) is 22.2 Å². The lowest BCUT2D eigenvalue weighted by Crippen LogP contribution is -1.86. The fourth-order valence-electron chi connectivity index (χ4n) is 1.00. The number of hydrogen-bond donors (Lipinski definition) is 0. The molecule has 12 heavy (non-hydrogen) atoms. The molecule has 1 aromatic carbocycles. The van der Waals surface area contributed by atoms with Crippen LogP contribution in [-0.2, 0) is 6.42 Å². The minimum absolute atomic E-state index is 0.844. The van der Waals surface area contributed by atoms with Gasteiger partial charge < -0.3 is 4.74 Å². The van der Waals surface area contributed by atoms with Crippen LogP contribution in [0.25, 0.3) is 0 Å². The van der Waals surface area contributed by atoms with Gasteiger partial charge in [0, 0.05) is 6.42 Å². The second-order valence-electron chi connectivity index (χ2n) is 2.55. The lowest BCUT2D eigenvalue weighted by Gasteiger charge is -2.02. The van der Waals surface area contributed by atoms with Crippen molar-refractivity contribution in [3.8, 4) is 5.75 Å². The summed E-state index contributed by atoms with van der Waals surface area (Å²) in [5.41, 5.74) is 1.20. The van der Waals surface area contributed by atoms with Gasteiger partial charge in [-0.25, -0.2) is 0 Å². The molecule has 1 rings (SSSR count). The molecule has 64 valence electrons. The number of benzene rings is 1. The van der Waals surface area contributed by atoms with E-state index < -0.39 is 0 Å². The zero-order valence-electron chi connectivity index (χ0n) is 7.01. The van der Waals surface area contributed by atoms with E-state index >= 15 is 0 Å². The Morgan fingerprint density at radius 1 is 1.58 bits per heavy atom. The van der Waals surface area contributed by atoms with Crippen molar-refractivity contribution >= 4 is 15.9 Å². The van der Waals surface area contributed by atoms with Crippen molar-refractivity contribution in [1.29, 1.82) is 0 Å². The number of rotatable bonds is 3. The van der Waals surface area contributed by atoms with Gasteiger partial charge in [-0.2, -0.15) is 0 Å². The van der Waals surface area contributed by atoms with Gasteiger partial charge in [0.1, 0.15) is 5.75 Å². The third-order valence-electron chi connectivity index (χ3n) is 1.53. The smallest absolute Gasteiger partial charge is 0.119 e. The summed E-state index contributed by atoms with van der Waals surface area (Å²) in [6.07, 6.45) is 0.844. The van der Waals surface area contributed by atoms with Crippen LogP contribution in [0, 0.1) is 0 Å². The molecule has 0 fully saturated rings. The maximum absolute atomic E-state index is 5.09. The number of methoxy groups -OCH3 is 1. The summed E-state index contributed by atoms with van der Waals surface area (Å²) in [5, 5.41) is 0. The summed E-state index contributed by atoms with van der Waals surface area (Å²) in [4.78, 5) is 0. The van der Waals surface area contributed by atoms with E-state index in [4.69, 9.17) is 4.74 Å². The van der Waals surface area contributed by atoms with Crippen molar-refractivity contribution in [1.82, 2.24) is 0 Å². The van der Waals surface area contributed by atoms with Crippen LogP contribution in [0.1, 0.15) is 5.56 Å². The van der Waals surface area contributed by atoms with E-state index in [-0.39, 0.29) is 0 Å². The van der Waals surface area contributed by atoms with Crippen LogP contribution in [0.2, 0.25) is 0 Å². The Labute approximate surface area is 81.2 Å². The molecule has 0 unspecified atom stereocenters. The highest BCUT2D eigenvalue weighted by molar-refractivity contribution is 9.11. The van der Waals surface area contributed by atoms with Crippen molar-refractivity contribution < 1.29 is 4.74 Å². The normalized spacial score (nSPS) is 9.50. The molecule has 0 radical (unpaired) electrons. The van der Waals surface area contributed by atoms with E-state index in [1.54, 1.807) is 7.11 Å². The zero-order chi connectivity index (χ0) is 8.97. The first-order chi connectivity index (χ1) is 5.72. The van der Waals surface area contributed by atoms with Crippen molar-refractivity contribution in [3.63, 3.8) is 0 Å². The molecule has 0 saturated heterocycles. The summed E-state index contributed by atoms with van der Waals surface area (Å²) in [5.74, 6) is 0.890. The van der Waals surface area contributed by atoms with Crippen LogP contribution in [-0.4, -0.2) is 7.11 Å². The van der Waals surface area contributed by atoms with E-state index in [1.807, 2.05) is 18.2 Å². The Balaban J connectivity index is 2.79. The molecule has 0 aliphatic carbocycles. The average Bonchev–Trinajstić information content (AvgIpc) is 2.03. The van der Waals surface area contributed by atoms with E-state index in [2.05, 4.69) is 28.6 Å². The molecule has 2 heteroatoms. The maximum atomic E-state index is 5.09. The van der Waals surface area contributed by atoms with Gasteiger partial charge in [-0.3, -0.25) is 0 Å². The molecule has 0 spiro atoms. The first-order valence-corrected chi connectivity index (χ1v) is 4.48. The Hall–Kier alpha value is -0.760. The van der Waals surface area contributed by atoms with E-state index in [9.17, 15) is 0 Å². The SMILES string of the molecule is C=C(Br)Cc1cccc(OC)c1. The third kappa shape index (κ3) is 2.70. The minimum atomic E-state index is 0.844. The monoisotopic (exact) mass is 226 g/mol. The van der Waals surface area contributed by atoms with Gasteiger partial charge >= 0.3 is 0 Å². The number of ether oxygens (including phenoxy) is 1. The predicted molar refractivity (Wildman–Crippen MR) is 54.8 cm³/mol. The second kappa shape index (κ2) is 4.31. The minimum Gasteiger partial charge on any atom is -0.497 e. The van der Waals surface area contributed by atoms with E-state index in [1.165, 1.54) is 5.56 Å². The maximum Gasteiger partial charge on any atom is 0.119 e. The molecule has 0 aliphatic heterocycles. The highest BCUT2D eigenvalue weighted by atomic mass is 79.9. The van der Waals surface area contributed by atoms with Crippen LogP contribution in [0.3, 0.4) is 0 Å². The standard InChI is InChI=1S/C10H11BrO/c1-8(11)6-9-4-3-5-10(7-9)12-2/h3-5,7H,1,6H2,2H3. The fourth-order valence-corrected chi connectivity index (χ4v) is 1.33. The summed E-state index contributed by atoms with van der Waals surface area (Å²) in [6.45, 7) is 3.78. The van der Waals surface area contributed by atoms with Crippen molar-refractivity contribution in [2.24, 2.45) is 0 Å².